The predicted octanol–water partition coefficient (Wildman–Crippen LogP) is 6.95. The number of thiazole rings is 1. The van der Waals surface area contributed by atoms with Crippen LogP contribution in [-0.2, 0) is 4.74 Å². The number of nitrogens with one attached hydrogen (secondary N) is 1. The van der Waals surface area contributed by atoms with E-state index in [1.807, 2.05) is 57.2 Å². The maximum Gasteiger partial charge on any atom is 0.410 e. The minimum atomic E-state index is -0.479. The summed E-state index contributed by atoms with van der Waals surface area (Å²) in [6, 6.07) is 11.5. The lowest BCUT2D eigenvalue weighted by molar-refractivity contribution is 0.0204. The molecule has 7 nitrogen and oxygen atoms in total. The molecule has 3 heterocycles. The van der Waals surface area contributed by atoms with Crippen molar-refractivity contribution in [2.75, 3.05) is 18.4 Å². The third-order valence-electron chi connectivity index (χ3n) is 5.10. The highest BCUT2D eigenvalue weighted by Crippen LogP contribution is 2.35. The normalized spacial score (nSPS) is 14.7. The van der Waals surface area contributed by atoms with E-state index in [2.05, 4.69) is 31.6 Å². The van der Waals surface area contributed by atoms with Gasteiger partial charge in [-0.15, -0.1) is 11.3 Å². The number of benzene rings is 1. The number of halogens is 1. The summed E-state index contributed by atoms with van der Waals surface area (Å²) in [6.45, 7) is 7.00. The SMILES string of the molecule is CC(C)(C)OC(=O)N1CCC(c2csc(Nc3ncc(Br)cc3Oc3ccccc3)n2)CC1. The van der Waals surface area contributed by atoms with Crippen LogP contribution in [0.4, 0.5) is 15.7 Å². The molecule has 0 bridgehead atoms. The van der Waals surface area contributed by atoms with Crippen molar-refractivity contribution < 1.29 is 14.3 Å². The summed E-state index contributed by atoms with van der Waals surface area (Å²) in [5, 5.41) is 6.13. The van der Waals surface area contributed by atoms with Gasteiger partial charge in [0, 0.05) is 41.1 Å². The number of hydrogen-bond acceptors (Lipinski definition) is 7. The first-order chi connectivity index (χ1) is 15.8. The number of hydrogen-bond donors (Lipinski definition) is 1. The maximum atomic E-state index is 12.3. The molecule has 1 fully saturated rings. The minimum Gasteiger partial charge on any atom is -0.453 e. The molecule has 33 heavy (non-hydrogen) atoms. The third-order valence-corrected chi connectivity index (χ3v) is 6.31. The lowest BCUT2D eigenvalue weighted by Crippen LogP contribution is -2.41. The van der Waals surface area contributed by atoms with E-state index in [1.54, 1.807) is 11.1 Å². The topological polar surface area (TPSA) is 76.6 Å². The van der Waals surface area contributed by atoms with Crippen molar-refractivity contribution in [2.45, 2.75) is 45.1 Å². The van der Waals surface area contributed by atoms with Gasteiger partial charge in [0.1, 0.15) is 11.4 Å². The number of amides is 1. The Morgan fingerprint density at radius 3 is 2.64 bits per heavy atom. The van der Waals surface area contributed by atoms with Gasteiger partial charge in [-0.3, -0.25) is 0 Å². The molecule has 0 unspecified atom stereocenters. The number of rotatable bonds is 5. The number of nitrogens with zero attached hydrogens (tertiary/aromatic N) is 3. The first kappa shape index (κ1) is 23.5. The molecule has 1 N–H and O–H groups in total. The zero-order valence-electron chi connectivity index (χ0n) is 18.9. The van der Waals surface area contributed by atoms with Gasteiger partial charge in [0.25, 0.3) is 0 Å². The monoisotopic (exact) mass is 530 g/mol. The van der Waals surface area contributed by atoms with Crippen LogP contribution in [0.15, 0.2) is 52.4 Å². The Hall–Kier alpha value is -2.65. The van der Waals surface area contributed by atoms with Crippen molar-refractivity contribution in [3.63, 3.8) is 0 Å². The molecular formula is C24H27BrN4O3S. The lowest BCUT2D eigenvalue weighted by atomic mass is 9.94. The first-order valence-electron chi connectivity index (χ1n) is 10.9. The number of carbonyl (C=O) groups excluding carboxylic acids is 1. The van der Waals surface area contributed by atoms with Gasteiger partial charge < -0.3 is 19.7 Å². The Morgan fingerprint density at radius 2 is 1.94 bits per heavy atom. The van der Waals surface area contributed by atoms with E-state index in [-0.39, 0.29) is 6.09 Å². The average Bonchev–Trinajstić information content (AvgIpc) is 3.24. The Balaban J connectivity index is 1.39. The van der Waals surface area contributed by atoms with E-state index in [1.165, 1.54) is 11.3 Å². The van der Waals surface area contributed by atoms with Gasteiger partial charge in [-0.2, -0.15) is 0 Å². The van der Waals surface area contributed by atoms with Crippen LogP contribution in [0.25, 0.3) is 0 Å². The molecule has 1 saturated heterocycles. The summed E-state index contributed by atoms with van der Waals surface area (Å²) in [6.07, 6.45) is 3.21. The van der Waals surface area contributed by atoms with Gasteiger partial charge in [-0.25, -0.2) is 14.8 Å². The van der Waals surface area contributed by atoms with E-state index < -0.39 is 5.60 Å². The average molecular weight is 531 g/mol. The van der Waals surface area contributed by atoms with Crippen LogP contribution in [-0.4, -0.2) is 39.7 Å². The smallest absolute Gasteiger partial charge is 0.410 e. The number of para-hydroxylation sites is 1. The molecule has 0 saturated carbocycles. The number of likely N-dealkylation sites (tertiary alicyclic amines) is 1. The second kappa shape index (κ2) is 10.1. The molecule has 0 radical (unpaired) electrons. The summed E-state index contributed by atoms with van der Waals surface area (Å²) in [7, 11) is 0. The van der Waals surface area contributed by atoms with E-state index >= 15 is 0 Å². The summed E-state index contributed by atoms with van der Waals surface area (Å²) in [5.41, 5.74) is 0.557. The van der Waals surface area contributed by atoms with Crippen LogP contribution >= 0.6 is 27.3 Å². The van der Waals surface area contributed by atoms with Crippen LogP contribution < -0.4 is 10.1 Å². The largest absolute Gasteiger partial charge is 0.453 e. The van der Waals surface area contributed by atoms with Gasteiger partial charge in [-0.05, 0) is 61.7 Å². The molecule has 9 heteroatoms. The number of ether oxygens (including phenoxy) is 2. The molecule has 0 aliphatic carbocycles. The molecule has 3 aromatic rings. The van der Waals surface area contributed by atoms with Gasteiger partial charge in [-0.1, -0.05) is 18.2 Å². The number of piperidine rings is 1. The minimum absolute atomic E-state index is 0.242. The van der Waals surface area contributed by atoms with Gasteiger partial charge in [0.2, 0.25) is 0 Å². The van der Waals surface area contributed by atoms with E-state index in [4.69, 9.17) is 14.5 Å². The number of pyridine rings is 1. The number of carbonyl (C=O) groups is 1. The van der Waals surface area contributed by atoms with E-state index in [0.29, 0.717) is 30.6 Å². The first-order valence-corrected chi connectivity index (χ1v) is 12.5. The molecule has 1 aromatic carbocycles. The fraction of sp³-hybridized carbons (Fsp3) is 0.375. The fourth-order valence-corrected chi connectivity index (χ4v) is 4.63. The quantitative estimate of drug-likeness (QED) is 0.384. The zero-order chi connectivity index (χ0) is 23.4. The van der Waals surface area contributed by atoms with Crippen molar-refractivity contribution in [1.29, 1.82) is 0 Å². The van der Waals surface area contributed by atoms with Crippen molar-refractivity contribution in [2.24, 2.45) is 0 Å². The van der Waals surface area contributed by atoms with Gasteiger partial charge in [0.15, 0.2) is 16.7 Å². The van der Waals surface area contributed by atoms with Gasteiger partial charge >= 0.3 is 6.09 Å². The second-order valence-electron chi connectivity index (χ2n) is 8.86. The highest BCUT2D eigenvalue weighted by atomic mass is 79.9. The summed E-state index contributed by atoms with van der Waals surface area (Å²) >= 11 is 5.00. The highest BCUT2D eigenvalue weighted by Gasteiger charge is 2.28. The Bertz CT molecular complexity index is 1090. The molecule has 1 aliphatic rings. The predicted molar refractivity (Wildman–Crippen MR) is 134 cm³/mol. The van der Waals surface area contributed by atoms with Crippen LogP contribution in [0.1, 0.15) is 45.2 Å². The standard InChI is InChI=1S/C24H27BrN4O3S/c1-24(2,3)32-23(30)29-11-9-16(10-12-29)19-15-33-22(27-19)28-21-20(13-17(25)14-26-21)31-18-7-5-4-6-8-18/h4-8,13-16H,9-12H2,1-3H3,(H,26,27,28). The highest BCUT2D eigenvalue weighted by molar-refractivity contribution is 9.10. The van der Waals surface area contributed by atoms with Crippen LogP contribution in [0.2, 0.25) is 0 Å². The summed E-state index contributed by atoms with van der Waals surface area (Å²) < 4.78 is 12.3. The van der Waals surface area contributed by atoms with Crippen molar-refractivity contribution in [3.8, 4) is 11.5 Å². The molecular weight excluding hydrogens is 504 g/mol. The Kier molecular flexibility index (Phi) is 7.19. The maximum absolute atomic E-state index is 12.3. The number of aromatic nitrogens is 2. The summed E-state index contributed by atoms with van der Waals surface area (Å²) in [5.74, 6) is 2.26. The fourth-order valence-electron chi connectivity index (χ4n) is 3.52. The molecule has 2 aromatic heterocycles. The molecule has 1 aliphatic heterocycles. The van der Waals surface area contributed by atoms with Gasteiger partial charge in [0.05, 0.1) is 5.69 Å². The van der Waals surface area contributed by atoms with Crippen LogP contribution in [0, 0.1) is 0 Å². The molecule has 1 amide bonds. The van der Waals surface area contributed by atoms with Crippen molar-refractivity contribution >= 4 is 44.3 Å². The molecule has 0 spiro atoms. The van der Waals surface area contributed by atoms with Crippen molar-refractivity contribution in [1.82, 2.24) is 14.9 Å². The summed E-state index contributed by atoms with van der Waals surface area (Å²) in [4.78, 5) is 23.4. The third kappa shape index (κ3) is 6.45. The Morgan fingerprint density at radius 1 is 1.21 bits per heavy atom. The zero-order valence-corrected chi connectivity index (χ0v) is 21.3. The lowest BCUT2D eigenvalue weighted by Gasteiger charge is -2.32. The molecule has 4 rings (SSSR count). The van der Waals surface area contributed by atoms with Crippen LogP contribution in [0.5, 0.6) is 11.5 Å². The van der Waals surface area contributed by atoms with Crippen molar-refractivity contribution in [3.05, 3.63) is 58.1 Å². The molecule has 0 atom stereocenters. The molecule has 174 valence electrons. The second-order valence-corrected chi connectivity index (χ2v) is 10.6. The van der Waals surface area contributed by atoms with Crippen LogP contribution in [0.3, 0.4) is 0 Å². The number of anilines is 2. The van der Waals surface area contributed by atoms with E-state index in [0.717, 1.165) is 33.9 Å². The Labute approximate surface area is 206 Å². The van der Waals surface area contributed by atoms with E-state index in [9.17, 15) is 4.79 Å².